The van der Waals surface area contributed by atoms with Crippen LogP contribution in [0.4, 0.5) is 11.9 Å². The second kappa shape index (κ2) is 7.90. The van der Waals surface area contributed by atoms with Gasteiger partial charge in [-0.1, -0.05) is 0 Å². The highest BCUT2D eigenvalue weighted by atomic mass is 16.5. The van der Waals surface area contributed by atoms with E-state index in [4.69, 9.17) is 9.47 Å². The quantitative estimate of drug-likeness (QED) is 0.600. The van der Waals surface area contributed by atoms with Crippen LogP contribution in [0.25, 0.3) is 0 Å². The molecule has 0 spiro atoms. The van der Waals surface area contributed by atoms with Crippen molar-refractivity contribution in [1.29, 1.82) is 0 Å². The Morgan fingerprint density at radius 2 is 1.65 bits per heavy atom. The van der Waals surface area contributed by atoms with E-state index in [2.05, 4.69) is 15.0 Å². The molecule has 0 saturated heterocycles. The molecule has 9 heteroatoms. The van der Waals surface area contributed by atoms with Gasteiger partial charge in [0.15, 0.2) is 0 Å². The predicted molar refractivity (Wildman–Crippen MR) is 72.0 cm³/mol. The highest BCUT2D eigenvalue weighted by Gasteiger charge is 2.18. The minimum Gasteiger partial charge on any atom is -0.376 e. The number of hydrogen-bond acceptors (Lipinski definition) is 9. The lowest BCUT2D eigenvalue weighted by molar-refractivity contribution is 0.138. The highest BCUT2D eigenvalue weighted by molar-refractivity contribution is 5.38. The van der Waals surface area contributed by atoms with Crippen LogP contribution in [-0.4, -0.2) is 65.8 Å². The van der Waals surface area contributed by atoms with E-state index in [-0.39, 0.29) is 19.4 Å². The van der Waals surface area contributed by atoms with Crippen LogP contribution in [0.3, 0.4) is 0 Å². The summed E-state index contributed by atoms with van der Waals surface area (Å²) in [6, 6.07) is 0. The second-order valence-electron chi connectivity index (χ2n) is 4.10. The van der Waals surface area contributed by atoms with Crippen LogP contribution >= 0.6 is 0 Å². The Balaban J connectivity index is 3.11. The molecule has 1 unspecified atom stereocenters. The topological polar surface area (TPSA) is 104 Å². The van der Waals surface area contributed by atoms with Crippen LogP contribution in [0.2, 0.25) is 0 Å². The molecule has 0 aromatic carbocycles. The molecule has 0 aliphatic rings. The average molecular weight is 287 g/mol. The zero-order valence-corrected chi connectivity index (χ0v) is 12.1. The van der Waals surface area contributed by atoms with Gasteiger partial charge in [0.25, 0.3) is 0 Å². The summed E-state index contributed by atoms with van der Waals surface area (Å²) in [7, 11) is 3.10. The van der Waals surface area contributed by atoms with Gasteiger partial charge in [-0.15, -0.1) is 0 Å². The van der Waals surface area contributed by atoms with Crippen LogP contribution in [0, 0.1) is 6.92 Å². The SMILES string of the molecule is COCN(COC)c1nc(C)nc(N(CO)C(C)O)n1. The van der Waals surface area contributed by atoms with Gasteiger partial charge in [0.2, 0.25) is 11.9 Å². The summed E-state index contributed by atoms with van der Waals surface area (Å²) in [5.74, 6) is 0.985. The molecule has 0 aliphatic carbocycles. The number of hydrogen-bond donors (Lipinski definition) is 2. The van der Waals surface area contributed by atoms with E-state index in [1.54, 1.807) is 26.0 Å². The third kappa shape index (κ3) is 4.23. The van der Waals surface area contributed by atoms with Gasteiger partial charge in [-0.25, -0.2) is 0 Å². The summed E-state index contributed by atoms with van der Waals surface area (Å²) in [4.78, 5) is 15.4. The molecule has 0 bridgehead atoms. The van der Waals surface area contributed by atoms with Crippen molar-refractivity contribution in [3.05, 3.63) is 5.82 Å². The summed E-state index contributed by atoms with van der Waals surface area (Å²) >= 11 is 0. The summed E-state index contributed by atoms with van der Waals surface area (Å²) in [5, 5.41) is 18.9. The van der Waals surface area contributed by atoms with Crippen molar-refractivity contribution >= 4 is 11.9 Å². The number of anilines is 2. The predicted octanol–water partition coefficient (Wildman–Crippen LogP) is -0.711. The fraction of sp³-hybridized carbons (Fsp3) is 0.727. The molecule has 1 heterocycles. The van der Waals surface area contributed by atoms with Crippen LogP contribution in [0.15, 0.2) is 0 Å². The number of aryl methyl sites for hydroxylation is 1. The molecule has 2 N–H and O–H groups in total. The van der Waals surface area contributed by atoms with Crippen LogP contribution in [0.5, 0.6) is 0 Å². The zero-order valence-electron chi connectivity index (χ0n) is 12.1. The third-order valence-corrected chi connectivity index (χ3v) is 2.44. The van der Waals surface area contributed by atoms with Gasteiger partial charge in [0, 0.05) is 14.2 Å². The molecular formula is C11H21N5O4. The van der Waals surface area contributed by atoms with Crippen LogP contribution < -0.4 is 9.80 Å². The van der Waals surface area contributed by atoms with Gasteiger partial charge in [-0.3, -0.25) is 9.80 Å². The Morgan fingerprint density at radius 3 is 2.10 bits per heavy atom. The lowest BCUT2D eigenvalue weighted by atomic mass is 10.5. The largest absolute Gasteiger partial charge is 0.376 e. The summed E-state index contributed by atoms with van der Waals surface area (Å²) < 4.78 is 10.1. The van der Waals surface area contributed by atoms with E-state index in [0.29, 0.717) is 11.8 Å². The number of rotatable bonds is 8. The standard InChI is InChI=1S/C11H21N5O4/c1-8-12-10(15(6-19-3)7-20-4)14-11(13-8)16(5-17)9(2)18/h9,17-18H,5-7H2,1-4H3. The van der Waals surface area contributed by atoms with E-state index in [1.165, 1.54) is 11.8 Å². The Morgan fingerprint density at radius 1 is 1.10 bits per heavy atom. The first-order valence-corrected chi connectivity index (χ1v) is 6.04. The maximum absolute atomic E-state index is 9.60. The Hall–Kier alpha value is -1.55. The minimum atomic E-state index is -0.923. The number of nitrogens with zero attached hydrogens (tertiary/aromatic N) is 5. The monoisotopic (exact) mass is 287 g/mol. The minimum absolute atomic E-state index is 0.183. The highest BCUT2D eigenvalue weighted by Crippen LogP contribution is 2.15. The zero-order chi connectivity index (χ0) is 15.1. The molecular weight excluding hydrogens is 266 g/mol. The lowest BCUT2D eigenvalue weighted by Crippen LogP contribution is -2.36. The Kier molecular flexibility index (Phi) is 6.52. The van der Waals surface area contributed by atoms with E-state index in [0.717, 1.165) is 0 Å². The van der Waals surface area contributed by atoms with Gasteiger partial charge in [0.1, 0.15) is 32.2 Å². The molecule has 0 amide bonds. The Bertz CT molecular complexity index is 412. The van der Waals surface area contributed by atoms with E-state index in [1.807, 2.05) is 0 Å². The molecule has 1 aromatic rings. The van der Waals surface area contributed by atoms with Gasteiger partial charge >= 0.3 is 0 Å². The molecule has 0 radical (unpaired) electrons. The van der Waals surface area contributed by atoms with Crippen LogP contribution in [0.1, 0.15) is 12.7 Å². The normalized spacial score (nSPS) is 12.3. The second-order valence-corrected chi connectivity index (χ2v) is 4.10. The number of ether oxygens (including phenoxy) is 2. The van der Waals surface area contributed by atoms with E-state index >= 15 is 0 Å². The van der Waals surface area contributed by atoms with Gasteiger partial charge in [-0.2, -0.15) is 15.0 Å². The van der Waals surface area contributed by atoms with Crippen molar-refractivity contribution in [1.82, 2.24) is 15.0 Å². The lowest BCUT2D eigenvalue weighted by Gasteiger charge is -2.25. The third-order valence-electron chi connectivity index (χ3n) is 2.44. The molecule has 1 atom stereocenters. The van der Waals surface area contributed by atoms with E-state index < -0.39 is 13.0 Å². The molecule has 20 heavy (non-hydrogen) atoms. The van der Waals surface area contributed by atoms with E-state index in [9.17, 15) is 10.2 Å². The van der Waals surface area contributed by atoms with Crippen molar-refractivity contribution in [2.45, 2.75) is 20.1 Å². The molecule has 114 valence electrons. The van der Waals surface area contributed by atoms with Crippen molar-refractivity contribution in [2.24, 2.45) is 0 Å². The number of aliphatic hydroxyl groups is 2. The fourth-order valence-electron chi connectivity index (χ4n) is 1.54. The molecule has 0 saturated carbocycles. The smallest absolute Gasteiger partial charge is 0.234 e. The number of aliphatic hydroxyl groups excluding tert-OH is 2. The first-order chi connectivity index (χ1) is 9.53. The average Bonchev–Trinajstić information content (AvgIpc) is 2.38. The molecule has 0 aliphatic heterocycles. The summed E-state index contributed by atoms with van der Waals surface area (Å²) in [5.41, 5.74) is 0. The molecule has 0 fully saturated rings. The summed E-state index contributed by atoms with van der Waals surface area (Å²) in [6.07, 6.45) is -0.923. The number of aromatic nitrogens is 3. The Labute approximate surface area is 117 Å². The maximum Gasteiger partial charge on any atom is 0.234 e. The van der Waals surface area contributed by atoms with Gasteiger partial charge in [0.05, 0.1) is 0 Å². The fourth-order valence-corrected chi connectivity index (χ4v) is 1.54. The van der Waals surface area contributed by atoms with Crippen molar-refractivity contribution in [3.8, 4) is 0 Å². The molecule has 1 aromatic heterocycles. The first-order valence-electron chi connectivity index (χ1n) is 6.04. The number of methoxy groups -OCH3 is 2. The summed E-state index contributed by atoms with van der Waals surface area (Å²) in [6.45, 7) is 3.28. The molecule has 9 nitrogen and oxygen atoms in total. The van der Waals surface area contributed by atoms with Crippen molar-refractivity contribution < 1.29 is 19.7 Å². The van der Waals surface area contributed by atoms with Crippen molar-refractivity contribution in [3.63, 3.8) is 0 Å². The van der Waals surface area contributed by atoms with Gasteiger partial charge in [-0.05, 0) is 13.8 Å². The van der Waals surface area contributed by atoms with Gasteiger partial charge < -0.3 is 19.7 Å². The van der Waals surface area contributed by atoms with Crippen LogP contribution in [-0.2, 0) is 9.47 Å². The first kappa shape index (κ1) is 16.5. The van der Waals surface area contributed by atoms with Crippen molar-refractivity contribution in [2.75, 3.05) is 44.2 Å². The maximum atomic E-state index is 9.60. The molecule has 1 rings (SSSR count).